The third kappa shape index (κ3) is 3.53. The van der Waals surface area contributed by atoms with Crippen molar-refractivity contribution < 1.29 is 9.59 Å². The molecule has 2 amide bonds. The van der Waals surface area contributed by atoms with Gasteiger partial charge in [-0.05, 0) is 19.3 Å². The molecule has 4 heteroatoms. The second-order valence-electron chi connectivity index (χ2n) is 4.10. The highest BCUT2D eigenvalue weighted by Crippen LogP contribution is 2.16. The van der Waals surface area contributed by atoms with Gasteiger partial charge in [0.1, 0.15) is 0 Å². The first-order valence-electron chi connectivity index (χ1n) is 5.68. The Labute approximate surface area is 91.0 Å². The fraction of sp³-hybridized carbons (Fsp3) is 0.818. The highest BCUT2D eigenvalue weighted by Gasteiger charge is 2.26. The number of hydrogen-bond donors (Lipinski definition) is 1. The van der Waals surface area contributed by atoms with Gasteiger partial charge in [0.15, 0.2) is 0 Å². The number of amides is 2. The minimum absolute atomic E-state index is 0.00537. The molecule has 4 nitrogen and oxygen atoms in total. The maximum Gasteiger partial charge on any atom is 0.224 e. The van der Waals surface area contributed by atoms with Crippen LogP contribution in [0.3, 0.4) is 0 Å². The minimum atomic E-state index is -0.00537. The molecule has 15 heavy (non-hydrogen) atoms. The van der Waals surface area contributed by atoms with Gasteiger partial charge in [0.25, 0.3) is 0 Å². The molecule has 1 N–H and O–H groups in total. The zero-order valence-corrected chi connectivity index (χ0v) is 9.58. The number of nitrogens with one attached hydrogen (secondary N) is 1. The van der Waals surface area contributed by atoms with Crippen molar-refractivity contribution in [3.8, 4) is 0 Å². The van der Waals surface area contributed by atoms with Gasteiger partial charge in [0.2, 0.25) is 11.8 Å². The van der Waals surface area contributed by atoms with Crippen molar-refractivity contribution in [1.29, 1.82) is 0 Å². The van der Waals surface area contributed by atoms with E-state index in [0.717, 1.165) is 32.4 Å². The standard InChI is InChI=1S/C11H20N2O2/c1-3-6-12-11(15)10-5-4-7-13(8-10)9(2)14/h10H,3-8H2,1-2H3,(H,12,15)/t10-/m1/s1. The summed E-state index contributed by atoms with van der Waals surface area (Å²) in [6.07, 6.45) is 2.79. The number of hydrogen-bond acceptors (Lipinski definition) is 2. The average molecular weight is 212 g/mol. The topological polar surface area (TPSA) is 49.4 Å². The van der Waals surface area contributed by atoms with E-state index in [4.69, 9.17) is 0 Å². The largest absolute Gasteiger partial charge is 0.356 e. The molecule has 0 spiro atoms. The van der Waals surface area contributed by atoms with Crippen LogP contribution < -0.4 is 5.32 Å². The third-order valence-corrected chi connectivity index (χ3v) is 2.79. The van der Waals surface area contributed by atoms with Gasteiger partial charge >= 0.3 is 0 Å². The van der Waals surface area contributed by atoms with Gasteiger partial charge < -0.3 is 10.2 Å². The Kier molecular flexibility index (Phi) is 4.59. The van der Waals surface area contributed by atoms with E-state index in [9.17, 15) is 9.59 Å². The number of carbonyl (C=O) groups is 2. The molecule has 1 aliphatic rings. The highest BCUT2D eigenvalue weighted by atomic mass is 16.2. The summed E-state index contributed by atoms with van der Waals surface area (Å²) in [5.41, 5.74) is 0. The molecule has 1 atom stereocenters. The Bertz CT molecular complexity index is 241. The molecule has 1 rings (SSSR count). The lowest BCUT2D eigenvalue weighted by Gasteiger charge is -2.31. The molecular weight excluding hydrogens is 192 g/mol. The lowest BCUT2D eigenvalue weighted by molar-refractivity contribution is -0.133. The van der Waals surface area contributed by atoms with Crippen LogP contribution in [-0.2, 0) is 9.59 Å². The van der Waals surface area contributed by atoms with Gasteiger partial charge in [-0.1, -0.05) is 6.92 Å². The highest BCUT2D eigenvalue weighted by molar-refractivity contribution is 5.80. The normalized spacial score (nSPS) is 21.2. The lowest BCUT2D eigenvalue weighted by Crippen LogP contribution is -2.44. The van der Waals surface area contributed by atoms with E-state index in [-0.39, 0.29) is 17.7 Å². The van der Waals surface area contributed by atoms with Crippen molar-refractivity contribution >= 4 is 11.8 Å². The second-order valence-corrected chi connectivity index (χ2v) is 4.10. The van der Waals surface area contributed by atoms with Crippen molar-refractivity contribution in [3.05, 3.63) is 0 Å². The molecule has 0 aromatic carbocycles. The molecule has 1 heterocycles. The Hall–Kier alpha value is -1.06. The molecule has 1 fully saturated rings. The van der Waals surface area contributed by atoms with Crippen LogP contribution in [0.1, 0.15) is 33.1 Å². The summed E-state index contributed by atoms with van der Waals surface area (Å²) in [7, 11) is 0. The second kappa shape index (κ2) is 5.73. The number of piperidine rings is 1. The van der Waals surface area contributed by atoms with E-state index < -0.39 is 0 Å². The van der Waals surface area contributed by atoms with E-state index in [0.29, 0.717) is 6.54 Å². The van der Waals surface area contributed by atoms with E-state index in [1.54, 1.807) is 11.8 Å². The number of carbonyl (C=O) groups excluding carboxylic acids is 2. The Morgan fingerprint density at radius 2 is 2.20 bits per heavy atom. The predicted octanol–water partition coefficient (Wildman–Crippen LogP) is 0.771. The molecule has 1 saturated heterocycles. The Morgan fingerprint density at radius 1 is 1.47 bits per heavy atom. The predicted molar refractivity (Wildman–Crippen MR) is 58.3 cm³/mol. The van der Waals surface area contributed by atoms with Crippen LogP contribution in [0.15, 0.2) is 0 Å². The maximum absolute atomic E-state index is 11.7. The van der Waals surface area contributed by atoms with Gasteiger partial charge in [-0.2, -0.15) is 0 Å². The average Bonchev–Trinajstić information content (AvgIpc) is 2.26. The van der Waals surface area contributed by atoms with E-state index in [1.165, 1.54) is 0 Å². The molecule has 0 aromatic heterocycles. The molecule has 0 unspecified atom stereocenters. The Balaban J connectivity index is 2.41. The van der Waals surface area contributed by atoms with E-state index in [1.807, 2.05) is 6.92 Å². The van der Waals surface area contributed by atoms with Gasteiger partial charge in [0.05, 0.1) is 5.92 Å². The summed E-state index contributed by atoms with van der Waals surface area (Å²) in [5, 5.41) is 2.88. The summed E-state index contributed by atoms with van der Waals surface area (Å²) in [4.78, 5) is 24.6. The maximum atomic E-state index is 11.7. The van der Waals surface area contributed by atoms with Crippen molar-refractivity contribution in [2.75, 3.05) is 19.6 Å². The van der Waals surface area contributed by atoms with E-state index in [2.05, 4.69) is 5.32 Å². The van der Waals surface area contributed by atoms with Crippen molar-refractivity contribution in [2.24, 2.45) is 5.92 Å². The zero-order chi connectivity index (χ0) is 11.3. The molecule has 0 aromatic rings. The molecule has 0 saturated carbocycles. The molecule has 0 bridgehead atoms. The Morgan fingerprint density at radius 3 is 2.80 bits per heavy atom. The first-order chi connectivity index (χ1) is 7.15. The van der Waals surface area contributed by atoms with Crippen molar-refractivity contribution in [1.82, 2.24) is 10.2 Å². The molecule has 0 radical (unpaired) electrons. The fourth-order valence-electron chi connectivity index (χ4n) is 1.87. The van der Waals surface area contributed by atoms with Crippen LogP contribution in [0.2, 0.25) is 0 Å². The number of likely N-dealkylation sites (tertiary alicyclic amines) is 1. The van der Waals surface area contributed by atoms with Crippen LogP contribution in [0, 0.1) is 5.92 Å². The smallest absolute Gasteiger partial charge is 0.224 e. The van der Waals surface area contributed by atoms with E-state index >= 15 is 0 Å². The van der Waals surface area contributed by atoms with Gasteiger partial charge in [-0.15, -0.1) is 0 Å². The number of nitrogens with zero attached hydrogens (tertiary/aromatic N) is 1. The zero-order valence-electron chi connectivity index (χ0n) is 9.58. The van der Waals surface area contributed by atoms with Crippen LogP contribution in [0.4, 0.5) is 0 Å². The number of rotatable bonds is 3. The summed E-state index contributed by atoms with van der Waals surface area (Å²) in [5.74, 6) is 0.167. The minimum Gasteiger partial charge on any atom is -0.356 e. The quantitative estimate of drug-likeness (QED) is 0.751. The molecule has 1 aliphatic heterocycles. The molecular formula is C11H20N2O2. The monoisotopic (exact) mass is 212 g/mol. The van der Waals surface area contributed by atoms with Crippen LogP contribution in [0.5, 0.6) is 0 Å². The molecule has 86 valence electrons. The van der Waals surface area contributed by atoms with Gasteiger partial charge in [-0.25, -0.2) is 0 Å². The summed E-state index contributed by atoms with van der Waals surface area (Å²) < 4.78 is 0. The van der Waals surface area contributed by atoms with Gasteiger partial charge in [-0.3, -0.25) is 9.59 Å². The van der Waals surface area contributed by atoms with Gasteiger partial charge in [0, 0.05) is 26.6 Å². The first-order valence-corrected chi connectivity index (χ1v) is 5.68. The lowest BCUT2D eigenvalue weighted by atomic mass is 9.97. The van der Waals surface area contributed by atoms with Crippen LogP contribution in [0.25, 0.3) is 0 Å². The molecule has 0 aliphatic carbocycles. The van der Waals surface area contributed by atoms with Crippen LogP contribution in [-0.4, -0.2) is 36.3 Å². The summed E-state index contributed by atoms with van der Waals surface area (Å²) in [6, 6.07) is 0. The SMILES string of the molecule is CCCNC(=O)[C@@H]1CCCN(C(C)=O)C1. The van der Waals surface area contributed by atoms with Crippen molar-refractivity contribution in [3.63, 3.8) is 0 Å². The van der Waals surface area contributed by atoms with Crippen LogP contribution >= 0.6 is 0 Å². The summed E-state index contributed by atoms with van der Waals surface area (Å²) >= 11 is 0. The third-order valence-electron chi connectivity index (χ3n) is 2.79. The summed E-state index contributed by atoms with van der Waals surface area (Å²) in [6.45, 7) is 5.71. The first kappa shape index (κ1) is 12.0. The fourth-order valence-corrected chi connectivity index (χ4v) is 1.87. The van der Waals surface area contributed by atoms with Crippen molar-refractivity contribution in [2.45, 2.75) is 33.1 Å².